The van der Waals surface area contributed by atoms with Crippen LogP contribution in [0.4, 0.5) is 0 Å². The minimum absolute atomic E-state index is 0.0432. The maximum Gasteiger partial charge on any atom is 0.345 e. The van der Waals surface area contributed by atoms with Crippen molar-refractivity contribution in [3.63, 3.8) is 0 Å². The number of carbonyl (C=O) groups is 1. The maximum absolute atomic E-state index is 11.8. The topological polar surface area (TPSA) is 55.8 Å². The van der Waals surface area contributed by atoms with Gasteiger partial charge >= 0.3 is 5.97 Å². The Morgan fingerprint density at radius 3 is 2.69 bits per heavy atom. The number of carbonyl (C=O) groups excluding carboxylic acids is 1. The van der Waals surface area contributed by atoms with Crippen LogP contribution in [0.5, 0.6) is 11.5 Å². The molecule has 1 spiro atoms. The van der Waals surface area contributed by atoms with E-state index in [1.54, 1.807) is 6.07 Å². The first-order valence-electron chi connectivity index (χ1n) is 5.44. The predicted octanol–water partition coefficient (Wildman–Crippen LogP) is 2.21. The van der Waals surface area contributed by atoms with Crippen LogP contribution in [-0.4, -0.2) is 16.9 Å². The van der Waals surface area contributed by atoms with Gasteiger partial charge in [-0.2, -0.15) is 0 Å². The SMILES string of the molecule is O=C1OC2(CCCC2)Oc2ccc(O)cc21. The van der Waals surface area contributed by atoms with Crippen LogP contribution < -0.4 is 4.74 Å². The Morgan fingerprint density at radius 1 is 1.19 bits per heavy atom. The van der Waals surface area contributed by atoms with Gasteiger partial charge in [0.15, 0.2) is 0 Å². The molecule has 1 N–H and O–H groups in total. The Hall–Kier alpha value is -1.71. The number of hydrogen-bond acceptors (Lipinski definition) is 4. The summed E-state index contributed by atoms with van der Waals surface area (Å²) in [5.41, 5.74) is 0.303. The molecule has 0 aromatic heterocycles. The van der Waals surface area contributed by atoms with Gasteiger partial charge in [0.05, 0.1) is 0 Å². The number of esters is 1. The molecule has 0 atom stereocenters. The highest BCUT2D eigenvalue weighted by molar-refractivity contribution is 5.94. The van der Waals surface area contributed by atoms with Crippen LogP contribution in [0.15, 0.2) is 18.2 Å². The first-order valence-corrected chi connectivity index (χ1v) is 5.44. The summed E-state index contributed by atoms with van der Waals surface area (Å²) in [6, 6.07) is 4.50. The molecule has 84 valence electrons. The average molecular weight is 220 g/mol. The molecular formula is C12H12O4. The number of ether oxygens (including phenoxy) is 2. The van der Waals surface area contributed by atoms with E-state index in [1.165, 1.54) is 12.1 Å². The van der Waals surface area contributed by atoms with Crippen LogP contribution >= 0.6 is 0 Å². The molecule has 1 aliphatic carbocycles. The first-order chi connectivity index (χ1) is 7.69. The molecule has 1 fully saturated rings. The van der Waals surface area contributed by atoms with Gasteiger partial charge in [-0.15, -0.1) is 0 Å². The van der Waals surface area contributed by atoms with E-state index in [0.29, 0.717) is 11.3 Å². The molecular weight excluding hydrogens is 208 g/mol. The molecule has 1 saturated carbocycles. The number of rotatable bonds is 0. The molecule has 4 heteroatoms. The molecule has 0 radical (unpaired) electrons. The smallest absolute Gasteiger partial charge is 0.345 e. The third-order valence-electron chi connectivity index (χ3n) is 3.12. The van der Waals surface area contributed by atoms with Crippen LogP contribution in [0.3, 0.4) is 0 Å². The standard InChI is InChI=1S/C12H12O4/c13-8-3-4-10-9(7-8)11(14)16-12(15-10)5-1-2-6-12/h3-4,7,13H,1-2,5-6H2. The van der Waals surface area contributed by atoms with Crippen LogP contribution in [0.2, 0.25) is 0 Å². The monoisotopic (exact) mass is 220 g/mol. The van der Waals surface area contributed by atoms with Crippen LogP contribution in [-0.2, 0) is 4.74 Å². The largest absolute Gasteiger partial charge is 0.508 e. The second-order valence-corrected chi connectivity index (χ2v) is 4.29. The molecule has 1 aliphatic heterocycles. The summed E-state index contributed by atoms with van der Waals surface area (Å²) in [7, 11) is 0. The summed E-state index contributed by atoms with van der Waals surface area (Å²) in [6.07, 6.45) is 3.53. The third-order valence-corrected chi connectivity index (χ3v) is 3.12. The van der Waals surface area contributed by atoms with Gasteiger partial charge in [0.2, 0.25) is 0 Å². The second kappa shape index (κ2) is 3.14. The lowest BCUT2D eigenvalue weighted by atomic mass is 10.1. The zero-order chi connectivity index (χ0) is 11.2. The molecule has 0 bridgehead atoms. The highest BCUT2D eigenvalue weighted by Crippen LogP contribution is 2.41. The predicted molar refractivity (Wildman–Crippen MR) is 55.3 cm³/mol. The normalized spacial score (nSPS) is 21.4. The van der Waals surface area contributed by atoms with Crippen molar-refractivity contribution in [1.82, 2.24) is 0 Å². The summed E-state index contributed by atoms with van der Waals surface area (Å²) in [6.45, 7) is 0. The molecule has 4 nitrogen and oxygen atoms in total. The van der Waals surface area contributed by atoms with Crippen molar-refractivity contribution in [1.29, 1.82) is 0 Å². The number of phenols is 1. The lowest BCUT2D eigenvalue weighted by Gasteiger charge is -2.34. The molecule has 1 aromatic rings. The summed E-state index contributed by atoms with van der Waals surface area (Å²) < 4.78 is 11.1. The molecule has 2 aliphatic rings. The van der Waals surface area contributed by atoms with E-state index < -0.39 is 11.8 Å². The van der Waals surface area contributed by atoms with Gasteiger partial charge in [-0.1, -0.05) is 0 Å². The Labute approximate surface area is 92.8 Å². The third kappa shape index (κ3) is 1.33. The van der Waals surface area contributed by atoms with E-state index in [1.807, 2.05) is 0 Å². The van der Waals surface area contributed by atoms with Crippen molar-refractivity contribution in [2.45, 2.75) is 31.5 Å². The fourth-order valence-electron chi connectivity index (χ4n) is 2.33. The van der Waals surface area contributed by atoms with Gasteiger partial charge < -0.3 is 14.6 Å². The highest BCUT2D eigenvalue weighted by atomic mass is 16.7. The summed E-state index contributed by atoms with van der Waals surface area (Å²) in [4.78, 5) is 11.8. The lowest BCUT2D eigenvalue weighted by Crippen LogP contribution is -2.42. The number of benzene rings is 1. The molecule has 0 saturated heterocycles. The van der Waals surface area contributed by atoms with E-state index in [-0.39, 0.29) is 5.75 Å². The number of hydrogen-bond donors (Lipinski definition) is 1. The minimum atomic E-state index is -0.749. The van der Waals surface area contributed by atoms with Crippen molar-refractivity contribution < 1.29 is 19.4 Å². The summed E-state index contributed by atoms with van der Waals surface area (Å²) in [5, 5.41) is 9.30. The van der Waals surface area contributed by atoms with Crippen molar-refractivity contribution >= 4 is 5.97 Å². The number of fused-ring (bicyclic) bond motifs is 1. The Balaban J connectivity index is 2.02. The highest BCUT2D eigenvalue weighted by Gasteiger charge is 2.44. The van der Waals surface area contributed by atoms with Crippen molar-refractivity contribution in [3.05, 3.63) is 23.8 Å². The maximum atomic E-state index is 11.8. The van der Waals surface area contributed by atoms with Crippen molar-refractivity contribution in [2.75, 3.05) is 0 Å². The minimum Gasteiger partial charge on any atom is -0.508 e. The quantitative estimate of drug-likeness (QED) is 0.681. The fourth-order valence-corrected chi connectivity index (χ4v) is 2.33. The summed E-state index contributed by atoms with van der Waals surface area (Å²) in [5.74, 6) is -0.599. The average Bonchev–Trinajstić information content (AvgIpc) is 2.68. The van der Waals surface area contributed by atoms with Gasteiger partial charge in [0.1, 0.15) is 17.1 Å². The fraction of sp³-hybridized carbons (Fsp3) is 0.417. The Bertz CT molecular complexity index is 446. The molecule has 16 heavy (non-hydrogen) atoms. The lowest BCUT2D eigenvalue weighted by molar-refractivity contribution is -0.148. The molecule has 1 aromatic carbocycles. The van der Waals surface area contributed by atoms with Crippen molar-refractivity contribution in [2.24, 2.45) is 0 Å². The van der Waals surface area contributed by atoms with Gasteiger partial charge in [-0.25, -0.2) is 4.79 Å². The van der Waals surface area contributed by atoms with Gasteiger partial charge in [-0.05, 0) is 31.0 Å². The van der Waals surface area contributed by atoms with Gasteiger partial charge in [-0.3, -0.25) is 0 Å². The van der Waals surface area contributed by atoms with Crippen LogP contribution in [0.1, 0.15) is 36.0 Å². The van der Waals surface area contributed by atoms with Gasteiger partial charge in [0, 0.05) is 12.8 Å². The molecule has 3 rings (SSSR count). The number of phenolic OH excluding ortho intramolecular Hbond substituents is 1. The van der Waals surface area contributed by atoms with E-state index in [0.717, 1.165) is 25.7 Å². The number of aromatic hydroxyl groups is 1. The first kappa shape index (κ1) is 9.51. The Morgan fingerprint density at radius 2 is 1.94 bits per heavy atom. The summed E-state index contributed by atoms with van der Waals surface area (Å²) >= 11 is 0. The Kier molecular flexibility index (Phi) is 1.87. The molecule has 0 amide bonds. The van der Waals surface area contributed by atoms with Crippen LogP contribution in [0, 0.1) is 0 Å². The zero-order valence-corrected chi connectivity index (χ0v) is 8.73. The zero-order valence-electron chi connectivity index (χ0n) is 8.73. The molecule has 0 unspecified atom stereocenters. The van der Waals surface area contributed by atoms with Crippen LogP contribution in [0.25, 0.3) is 0 Å². The van der Waals surface area contributed by atoms with E-state index in [9.17, 15) is 9.90 Å². The van der Waals surface area contributed by atoms with E-state index in [2.05, 4.69) is 0 Å². The second-order valence-electron chi connectivity index (χ2n) is 4.29. The molecule has 1 heterocycles. The van der Waals surface area contributed by atoms with Crippen molar-refractivity contribution in [3.8, 4) is 11.5 Å². The van der Waals surface area contributed by atoms with Gasteiger partial charge in [0.25, 0.3) is 5.79 Å². The van der Waals surface area contributed by atoms with E-state index >= 15 is 0 Å². The van der Waals surface area contributed by atoms with E-state index in [4.69, 9.17) is 9.47 Å².